The third-order valence-electron chi connectivity index (χ3n) is 3.63. The van der Waals surface area contributed by atoms with Crippen LogP contribution >= 0.6 is 0 Å². The molecule has 0 saturated carbocycles. The largest absolute Gasteiger partial charge is 0.378 e. The molecule has 1 aromatic rings. The number of piperidine rings is 1. The lowest BCUT2D eigenvalue weighted by molar-refractivity contribution is 0.442. The Morgan fingerprint density at radius 1 is 1.12 bits per heavy atom. The lowest BCUT2D eigenvalue weighted by atomic mass is 10.0. The van der Waals surface area contributed by atoms with Gasteiger partial charge in [0.15, 0.2) is 0 Å². The summed E-state index contributed by atoms with van der Waals surface area (Å²) in [5.74, 6) is 0. The van der Waals surface area contributed by atoms with Gasteiger partial charge in [0.05, 0.1) is 0 Å². The van der Waals surface area contributed by atoms with Crippen LogP contribution in [0.1, 0.15) is 12.8 Å². The van der Waals surface area contributed by atoms with Crippen LogP contribution in [0, 0.1) is 0 Å². The summed E-state index contributed by atoms with van der Waals surface area (Å²) >= 11 is 0. The molecule has 2 rings (SSSR count). The van der Waals surface area contributed by atoms with E-state index in [1.807, 2.05) is 0 Å². The van der Waals surface area contributed by atoms with Gasteiger partial charge in [-0.2, -0.15) is 0 Å². The molecule has 0 aliphatic carbocycles. The monoisotopic (exact) mass is 233 g/mol. The van der Waals surface area contributed by atoms with Crippen LogP contribution in [0.2, 0.25) is 0 Å². The molecule has 1 aromatic carbocycles. The molecule has 0 aromatic heterocycles. The van der Waals surface area contributed by atoms with Gasteiger partial charge in [-0.15, -0.1) is 0 Å². The van der Waals surface area contributed by atoms with Crippen molar-refractivity contribution in [2.24, 2.45) is 0 Å². The van der Waals surface area contributed by atoms with Crippen LogP contribution in [0.3, 0.4) is 0 Å². The molecule has 0 radical (unpaired) electrons. The van der Waals surface area contributed by atoms with Crippen LogP contribution < -0.4 is 15.1 Å². The zero-order valence-electron chi connectivity index (χ0n) is 11.1. The number of benzene rings is 1. The van der Waals surface area contributed by atoms with Crippen LogP contribution in [-0.4, -0.2) is 40.3 Å². The predicted molar refractivity (Wildman–Crippen MR) is 75.1 cm³/mol. The number of anilines is 2. The van der Waals surface area contributed by atoms with Crippen molar-refractivity contribution in [2.75, 3.05) is 44.0 Å². The minimum atomic E-state index is 0.701. The molecule has 3 nitrogen and oxygen atoms in total. The molecule has 1 heterocycles. The van der Waals surface area contributed by atoms with E-state index in [0.717, 1.165) is 13.1 Å². The Balaban J connectivity index is 1.99. The van der Waals surface area contributed by atoms with Crippen LogP contribution in [-0.2, 0) is 0 Å². The number of nitrogens with zero attached hydrogens (tertiary/aromatic N) is 2. The van der Waals surface area contributed by atoms with E-state index in [9.17, 15) is 0 Å². The van der Waals surface area contributed by atoms with Gasteiger partial charge in [-0.25, -0.2) is 0 Å². The molecule has 0 spiro atoms. The van der Waals surface area contributed by atoms with Crippen LogP contribution in [0.5, 0.6) is 0 Å². The Labute approximate surface area is 104 Å². The quantitative estimate of drug-likeness (QED) is 0.861. The molecule has 3 heteroatoms. The highest BCUT2D eigenvalue weighted by atomic mass is 15.1. The second-order valence-electron chi connectivity index (χ2n) is 4.96. The zero-order chi connectivity index (χ0) is 12.3. The summed E-state index contributed by atoms with van der Waals surface area (Å²) in [5.41, 5.74) is 2.61. The standard InChI is InChI=1S/C14H23N3/c1-15-12-8-10-17(11-9-12)14-6-4-13(5-7-14)16(2)3/h4-7,12,15H,8-11H2,1-3H3. The lowest BCUT2D eigenvalue weighted by Crippen LogP contribution is -2.41. The smallest absolute Gasteiger partial charge is 0.0367 e. The SMILES string of the molecule is CNC1CCN(c2ccc(N(C)C)cc2)CC1. The fraction of sp³-hybridized carbons (Fsp3) is 0.571. The Kier molecular flexibility index (Phi) is 3.89. The van der Waals surface area contributed by atoms with Gasteiger partial charge < -0.3 is 15.1 Å². The molecule has 0 atom stereocenters. The summed E-state index contributed by atoms with van der Waals surface area (Å²) in [5, 5.41) is 3.37. The van der Waals surface area contributed by atoms with Gasteiger partial charge in [0.25, 0.3) is 0 Å². The Hall–Kier alpha value is -1.22. The van der Waals surface area contributed by atoms with Gasteiger partial charge >= 0.3 is 0 Å². The van der Waals surface area contributed by atoms with Crippen LogP contribution in [0.4, 0.5) is 11.4 Å². The Morgan fingerprint density at radius 3 is 2.18 bits per heavy atom. The average Bonchev–Trinajstić information content (AvgIpc) is 2.39. The first-order valence-corrected chi connectivity index (χ1v) is 6.40. The van der Waals surface area contributed by atoms with Crippen molar-refractivity contribution >= 4 is 11.4 Å². The van der Waals surface area contributed by atoms with E-state index in [1.165, 1.54) is 24.2 Å². The maximum Gasteiger partial charge on any atom is 0.0367 e. The van der Waals surface area contributed by atoms with Crippen molar-refractivity contribution in [1.29, 1.82) is 0 Å². The molecule has 1 aliphatic heterocycles. The minimum Gasteiger partial charge on any atom is -0.378 e. The molecule has 94 valence electrons. The van der Waals surface area contributed by atoms with E-state index >= 15 is 0 Å². The van der Waals surface area contributed by atoms with Crippen molar-refractivity contribution in [1.82, 2.24) is 5.32 Å². The summed E-state index contributed by atoms with van der Waals surface area (Å²) in [6.07, 6.45) is 2.48. The Bertz CT molecular complexity index is 337. The summed E-state index contributed by atoms with van der Waals surface area (Å²) in [6.45, 7) is 2.32. The van der Waals surface area contributed by atoms with E-state index in [-0.39, 0.29) is 0 Å². The first-order chi connectivity index (χ1) is 8.20. The molecule has 0 unspecified atom stereocenters. The Morgan fingerprint density at radius 2 is 1.71 bits per heavy atom. The number of rotatable bonds is 3. The lowest BCUT2D eigenvalue weighted by Gasteiger charge is -2.33. The number of nitrogens with one attached hydrogen (secondary N) is 1. The van der Waals surface area contributed by atoms with E-state index in [0.29, 0.717) is 6.04 Å². The number of hydrogen-bond donors (Lipinski definition) is 1. The fourth-order valence-corrected chi connectivity index (χ4v) is 2.39. The zero-order valence-corrected chi connectivity index (χ0v) is 11.1. The van der Waals surface area contributed by atoms with E-state index in [4.69, 9.17) is 0 Å². The van der Waals surface area contributed by atoms with Crippen molar-refractivity contribution < 1.29 is 0 Å². The van der Waals surface area contributed by atoms with Crippen molar-refractivity contribution in [3.63, 3.8) is 0 Å². The van der Waals surface area contributed by atoms with Crippen LogP contribution in [0.15, 0.2) is 24.3 Å². The van der Waals surface area contributed by atoms with Crippen molar-refractivity contribution in [3.05, 3.63) is 24.3 Å². The van der Waals surface area contributed by atoms with Gasteiger partial charge in [0.1, 0.15) is 0 Å². The van der Waals surface area contributed by atoms with Gasteiger partial charge in [-0.1, -0.05) is 0 Å². The summed E-state index contributed by atoms with van der Waals surface area (Å²) in [6, 6.07) is 9.55. The second-order valence-corrected chi connectivity index (χ2v) is 4.96. The van der Waals surface area contributed by atoms with Crippen molar-refractivity contribution in [2.45, 2.75) is 18.9 Å². The maximum atomic E-state index is 3.37. The summed E-state index contributed by atoms with van der Waals surface area (Å²) in [7, 11) is 6.22. The van der Waals surface area contributed by atoms with Gasteiger partial charge in [-0.3, -0.25) is 0 Å². The molecule has 17 heavy (non-hydrogen) atoms. The average molecular weight is 233 g/mol. The highest BCUT2D eigenvalue weighted by Crippen LogP contribution is 2.22. The second kappa shape index (κ2) is 5.41. The molecule has 0 amide bonds. The first-order valence-electron chi connectivity index (χ1n) is 6.40. The van der Waals surface area contributed by atoms with Crippen molar-refractivity contribution in [3.8, 4) is 0 Å². The van der Waals surface area contributed by atoms with E-state index in [1.54, 1.807) is 0 Å². The minimum absolute atomic E-state index is 0.701. The maximum absolute atomic E-state index is 3.37. The van der Waals surface area contributed by atoms with Gasteiger partial charge in [0.2, 0.25) is 0 Å². The van der Waals surface area contributed by atoms with Gasteiger partial charge in [0, 0.05) is 44.6 Å². The topological polar surface area (TPSA) is 18.5 Å². The molecule has 1 saturated heterocycles. The first kappa shape index (κ1) is 12.2. The molecule has 1 fully saturated rings. The molecular formula is C14H23N3. The number of hydrogen-bond acceptors (Lipinski definition) is 3. The third-order valence-corrected chi connectivity index (χ3v) is 3.63. The summed E-state index contributed by atoms with van der Waals surface area (Å²) in [4.78, 5) is 4.62. The van der Waals surface area contributed by atoms with Crippen LogP contribution in [0.25, 0.3) is 0 Å². The molecule has 0 bridgehead atoms. The molecule has 1 aliphatic rings. The molecular weight excluding hydrogens is 210 g/mol. The van der Waals surface area contributed by atoms with Gasteiger partial charge in [-0.05, 0) is 44.2 Å². The van der Waals surface area contributed by atoms with E-state index in [2.05, 4.69) is 60.5 Å². The highest BCUT2D eigenvalue weighted by Gasteiger charge is 2.17. The third kappa shape index (κ3) is 2.91. The molecule has 1 N–H and O–H groups in total. The fourth-order valence-electron chi connectivity index (χ4n) is 2.39. The predicted octanol–water partition coefficient (Wildman–Crippen LogP) is 1.94. The normalized spacial score (nSPS) is 17.2. The highest BCUT2D eigenvalue weighted by molar-refractivity contribution is 5.55. The summed E-state index contributed by atoms with van der Waals surface area (Å²) < 4.78 is 0. The van der Waals surface area contributed by atoms with E-state index < -0.39 is 0 Å².